The van der Waals surface area contributed by atoms with E-state index in [2.05, 4.69) is 35.5 Å². The summed E-state index contributed by atoms with van der Waals surface area (Å²) in [5, 5.41) is 0. The molecule has 2 aromatic heterocycles. The van der Waals surface area contributed by atoms with Crippen molar-refractivity contribution in [3.8, 4) is 5.88 Å². The number of nitrogens with zero attached hydrogens (tertiary/aromatic N) is 1. The first-order chi connectivity index (χ1) is 13.6. The molecule has 154 valence electrons. The lowest BCUT2D eigenvalue weighted by Crippen LogP contribution is -2.15. The lowest BCUT2D eigenvalue weighted by atomic mass is 9.87. The van der Waals surface area contributed by atoms with Gasteiger partial charge in [-0.2, -0.15) is 0 Å². The van der Waals surface area contributed by atoms with Gasteiger partial charge in [-0.05, 0) is 42.2 Å². The molecule has 0 saturated carbocycles. The molecule has 29 heavy (non-hydrogen) atoms. The van der Waals surface area contributed by atoms with Crippen LogP contribution in [0.1, 0.15) is 33.3 Å². The summed E-state index contributed by atoms with van der Waals surface area (Å²) < 4.78 is 37.5. The minimum absolute atomic E-state index is 0.0695. The Balaban J connectivity index is 1.80. The van der Waals surface area contributed by atoms with Crippen molar-refractivity contribution in [1.82, 2.24) is 9.97 Å². The van der Waals surface area contributed by atoms with Crippen LogP contribution < -0.4 is 9.46 Å². The van der Waals surface area contributed by atoms with E-state index in [0.717, 1.165) is 5.56 Å². The lowest BCUT2D eigenvalue weighted by molar-refractivity contribution is 0.103. The maximum atomic E-state index is 12.7. The van der Waals surface area contributed by atoms with Crippen LogP contribution in [0.5, 0.6) is 5.88 Å². The molecule has 2 heterocycles. The Morgan fingerprint density at radius 2 is 1.83 bits per heavy atom. The first-order valence-corrected chi connectivity index (χ1v) is 10.5. The first-order valence-electron chi connectivity index (χ1n) is 9.06. The quantitative estimate of drug-likeness (QED) is 0.602. The molecular formula is C20H23N3O5S. The van der Waals surface area contributed by atoms with Gasteiger partial charge in [0.15, 0.2) is 0 Å². The van der Waals surface area contributed by atoms with Crippen LogP contribution in [0, 0.1) is 0 Å². The second-order valence-electron chi connectivity index (χ2n) is 7.43. The van der Waals surface area contributed by atoms with E-state index in [0.29, 0.717) is 11.0 Å². The first kappa shape index (κ1) is 20.7. The Morgan fingerprint density at radius 3 is 2.45 bits per heavy atom. The van der Waals surface area contributed by atoms with Crippen molar-refractivity contribution < 1.29 is 22.7 Å². The normalized spacial score (nSPS) is 12.0. The number of H-pyrrole nitrogens is 1. The Kier molecular flexibility index (Phi) is 5.52. The standard InChI is InChI=1S/C20H23N3O5S/c1-5-27-19(24)28-18-12-16-15(22-18)10-11-17(21-16)23-29(25,26)14-8-6-13(7-9-14)20(2,3)4/h6-12,22H,5H2,1-4H3,(H,21,23). The zero-order valence-corrected chi connectivity index (χ0v) is 17.5. The highest BCUT2D eigenvalue weighted by atomic mass is 32.2. The molecule has 9 heteroatoms. The smallest absolute Gasteiger partial charge is 0.434 e. The molecule has 3 rings (SSSR count). The van der Waals surface area contributed by atoms with Crippen molar-refractivity contribution in [3.05, 3.63) is 48.0 Å². The second-order valence-corrected chi connectivity index (χ2v) is 9.11. The van der Waals surface area contributed by atoms with Crippen LogP contribution in [0.2, 0.25) is 0 Å². The van der Waals surface area contributed by atoms with Crippen LogP contribution in [-0.4, -0.2) is 31.1 Å². The molecule has 3 aromatic rings. The third-order valence-corrected chi connectivity index (χ3v) is 5.55. The number of fused-ring (bicyclic) bond motifs is 1. The summed E-state index contributed by atoms with van der Waals surface area (Å²) in [6.07, 6.45) is -0.835. The number of carbonyl (C=O) groups excluding carboxylic acids is 1. The fourth-order valence-corrected chi connectivity index (χ4v) is 3.66. The molecule has 0 amide bonds. The van der Waals surface area contributed by atoms with E-state index < -0.39 is 16.2 Å². The van der Waals surface area contributed by atoms with Gasteiger partial charge in [0, 0.05) is 6.07 Å². The number of hydrogen-bond acceptors (Lipinski definition) is 6. The van der Waals surface area contributed by atoms with E-state index in [4.69, 9.17) is 9.47 Å². The molecule has 0 radical (unpaired) electrons. The maximum Gasteiger partial charge on any atom is 0.515 e. The zero-order valence-electron chi connectivity index (χ0n) is 16.6. The SMILES string of the molecule is CCOC(=O)Oc1cc2nc(NS(=O)(=O)c3ccc(C(C)(C)C)cc3)ccc2[nH]1. The van der Waals surface area contributed by atoms with Crippen molar-refractivity contribution in [3.63, 3.8) is 0 Å². The number of aromatic nitrogens is 2. The predicted molar refractivity (Wildman–Crippen MR) is 110 cm³/mol. The molecule has 0 bridgehead atoms. The molecule has 0 atom stereocenters. The van der Waals surface area contributed by atoms with E-state index in [-0.39, 0.29) is 28.6 Å². The van der Waals surface area contributed by atoms with Gasteiger partial charge >= 0.3 is 6.16 Å². The molecule has 0 fully saturated rings. The molecule has 0 aliphatic rings. The predicted octanol–water partition coefficient (Wildman–Crippen LogP) is 4.20. The summed E-state index contributed by atoms with van der Waals surface area (Å²) in [6.45, 7) is 8.04. The summed E-state index contributed by atoms with van der Waals surface area (Å²) in [5.41, 5.74) is 1.99. The third-order valence-electron chi connectivity index (χ3n) is 4.18. The molecule has 0 aliphatic carbocycles. The van der Waals surface area contributed by atoms with E-state index in [1.165, 1.54) is 12.1 Å². The molecule has 1 aromatic carbocycles. The Bertz CT molecular complexity index is 1130. The highest BCUT2D eigenvalue weighted by molar-refractivity contribution is 7.92. The Hall–Kier alpha value is -3.07. The van der Waals surface area contributed by atoms with Crippen LogP contribution in [0.25, 0.3) is 11.0 Å². The lowest BCUT2D eigenvalue weighted by Gasteiger charge is -2.19. The van der Waals surface area contributed by atoms with Gasteiger partial charge in [-0.1, -0.05) is 32.9 Å². The minimum atomic E-state index is -3.79. The number of ether oxygens (including phenoxy) is 2. The maximum absolute atomic E-state index is 12.7. The highest BCUT2D eigenvalue weighted by Gasteiger charge is 2.18. The fraction of sp³-hybridized carbons (Fsp3) is 0.300. The van der Waals surface area contributed by atoms with Crippen molar-refractivity contribution in [2.75, 3.05) is 11.3 Å². The number of benzene rings is 1. The van der Waals surface area contributed by atoms with E-state index in [1.54, 1.807) is 37.3 Å². The summed E-state index contributed by atoms with van der Waals surface area (Å²) in [5.74, 6) is 0.308. The van der Waals surface area contributed by atoms with Crippen molar-refractivity contribution in [2.24, 2.45) is 0 Å². The number of pyridine rings is 1. The van der Waals surface area contributed by atoms with E-state index in [1.807, 2.05) is 0 Å². The number of aromatic amines is 1. The van der Waals surface area contributed by atoms with Gasteiger partial charge in [0.2, 0.25) is 5.88 Å². The number of hydrogen-bond donors (Lipinski definition) is 2. The molecule has 8 nitrogen and oxygen atoms in total. The largest absolute Gasteiger partial charge is 0.515 e. The van der Waals surface area contributed by atoms with Gasteiger partial charge in [-0.25, -0.2) is 18.2 Å². The second kappa shape index (κ2) is 7.75. The van der Waals surface area contributed by atoms with Crippen LogP contribution in [0.3, 0.4) is 0 Å². The number of nitrogens with one attached hydrogen (secondary N) is 2. The van der Waals surface area contributed by atoms with Crippen molar-refractivity contribution in [1.29, 1.82) is 0 Å². The molecule has 0 saturated heterocycles. The van der Waals surface area contributed by atoms with Gasteiger partial charge in [-0.15, -0.1) is 0 Å². The molecule has 0 unspecified atom stereocenters. The van der Waals surface area contributed by atoms with Crippen molar-refractivity contribution >= 4 is 33.0 Å². The Labute approximate surface area is 169 Å². The summed E-state index contributed by atoms with van der Waals surface area (Å²) in [7, 11) is -3.79. The van der Waals surface area contributed by atoms with Gasteiger partial charge in [0.1, 0.15) is 5.82 Å². The van der Waals surface area contributed by atoms with Crippen LogP contribution in [0.4, 0.5) is 10.6 Å². The van der Waals surface area contributed by atoms with E-state index >= 15 is 0 Å². The van der Waals surface area contributed by atoms with E-state index in [9.17, 15) is 13.2 Å². The molecule has 0 spiro atoms. The van der Waals surface area contributed by atoms with Crippen LogP contribution in [-0.2, 0) is 20.2 Å². The number of anilines is 1. The average Bonchev–Trinajstić information content (AvgIpc) is 3.02. The average molecular weight is 417 g/mol. The number of sulfonamides is 1. The number of carbonyl (C=O) groups is 1. The third kappa shape index (κ3) is 4.86. The topological polar surface area (TPSA) is 110 Å². The monoisotopic (exact) mass is 417 g/mol. The van der Waals surface area contributed by atoms with Crippen LogP contribution in [0.15, 0.2) is 47.4 Å². The van der Waals surface area contributed by atoms with Crippen LogP contribution >= 0.6 is 0 Å². The molecule has 2 N–H and O–H groups in total. The molecular weight excluding hydrogens is 394 g/mol. The van der Waals surface area contributed by atoms with Crippen molar-refractivity contribution in [2.45, 2.75) is 38.0 Å². The Morgan fingerprint density at radius 1 is 1.14 bits per heavy atom. The molecule has 0 aliphatic heterocycles. The minimum Gasteiger partial charge on any atom is -0.434 e. The zero-order chi connectivity index (χ0) is 21.2. The number of rotatable bonds is 5. The van der Waals surface area contributed by atoms with Gasteiger partial charge in [0.05, 0.1) is 22.5 Å². The van der Waals surface area contributed by atoms with Gasteiger partial charge < -0.3 is 14.5 Å². The summed E-state index contributed by atoms with van der Waals surface area (Å²) >= 11 is 0. The summed E-state index contributed by atoms with van der Waals surface area (Å²) in [4.78, 5) is 18.7. The van der Waals surface area contributed by atoms with Gasteiger partial charge in [-0.3, -0.25) is 4.72 Å². The summed E-state index contributed by atoms with van der Waals surface area (Å²) in [6, 6.07) is 11.4. The van der Waals surface area contributed by atoms with Gasteiger partial charge in [0.25, 0.3) is 10.0 Å². The highest BCUT2D eigenvalue weighted by Crippen LogP contribution is 2.25. The fourth-order valence-electron chi connectivity index (χ4n) is 2.66.